The lowest BCUT2D eigenvalue weighted by Crippen LogP contribution is -2.35. The maximum absolute atomic E-state index is 12.1. The molecular formula is C19H21NO4. The van der Waals surface area contributed by atoms with Crippen LogP contribution in [0.25, 0.3) is 0 Å². The van der Waals surface area contributed by atoms with E-state index in [0.717, 1.165) is 16.7 Å². The Hall–Kier alpha value is -2.82. The SMILES string of the molecule is Cc1ccc(CNC(=O)[C@H](C)OC(=O)c2cc(C)ccc2O)cc1. The average molecular weight is 327 g/mol. The number of rotatable bonds is 5. The molecule has 0 saturated heterocycles. The first-order chi connectivity index (χ1) is 11.4. The Kier molecular flexibility index (Phi) is 5.58. The molecule has 2 N–H and O–H groups in total. The highest BCUT2D eigenvalue weighted by molar-refractivity contribution is 5.94. The van der Waals surface area contributed by atoms with Crippen LogP contribution in [0.4, 0.5) is 0 Å². The molecule has 1 atom stereocenters. The van der Waals surface area contributed by atoms with E-state index >= 15 is 0 Å². The second kappa shape index (κ2) is 7.64. The van der Waals surface area contributed by atoms with E-state index in [1.165, 1.54) is 19.1 Å². The zero-order chi connectivity index (χ0) is 17.7. The first kappa shape index (κ1) is 17.5. The number of amides is 1. The van der Waals surface area contributed by atoms with Crippen molar-refractivity contribution >= 4 is 11.9 Å². The third-order valence-corrected chi connectivity index (χ3v) is 3.61. The lowest BCUT2D eigenvalue weighted by Gasteiger charge is -2.14. The molecule has 0 aromatic heterocycles. The van der Waals surface area contributed by atoms with Crippen LogP contribution in [0.2, 0.25) is 0 Å². The number of aryl methyl sites for hydroxylation is 2. The standard InChI is InChI=1S/C19H21NO4/c1-12-4-7-15(8-5-12)11-20-18(22)14(3)24-19(23)16-10-13(2)6-9-17(16)21/h4-10,14,21H,11H2,1-3H3,(H,20,22)/t14-/m0/s1. The molecule has 0 saturated carbocycles. The molecule has 1 amide bonds. The Labute approximate surface area is 141 Å². The Balaban J connectivity index is 1.92. The lowest BCUT2D eigenvalue weighted by molar-refractivity contribution is -0.129. The van der Waals surface area contributed by atoms with Gasteiger partial charge in [-0.2, -0.15) is 0 Å². The van der Waals surface area contributed by atoms with Crippen LogP contribution in [0.15, 0.2) is 42.5 Å². The van der Waals surface area contributed by atoms with Crippen LogP contribution in [-0.2, 0) is 16.1 Å². The fourth-order valence-electron chi connectivity index (χ4n) is 2.13. The van der Waals surface area contributed by atoms with E-state index in [2.05, 4.69) is 5.32 Å². The molecule has 2 aromatic rings. The molecule has 24 heavy (non-hydrogen) atoms. The van der Waals surface area contributed by atoms with Crippen molar-refractivity contribution in [3.8, 4) is 5.75 Å². The first-order valence-corrected chi connectivity index (χ1v) is 7.70. The molecule has 2 rings (SSSR count). The summed E-state index contributed by atoms with van der Waals surface area (Å²) in [5.41, 5.74) is 2.97. The first-order valence-electron chi connectivity index (χ1n) is 7.70. The number of phenols is 1. The summed E-state index contributed by atoms with van der Waals surface area (Å²) in [7, 11) is 0. The molecule has 0 fully saturated rings. The summed E-state index contributed by atoms with van der Waals surface area (Å²) in [5.74, 6) is -1.29. The van der Waals surface area contributed by atoms with E-state index < -0.39 is 18.0 Å². The number of nitrogens with one attached hydrogen (secondary N) is 1. The zero-order valence-electron chi connectivity index (χ0n) is 14.0. The minimum Gasteiger partial charge on any atom is -0.507 e. The number of hydrogen-bond acceptors (Lipinski definition) is 4. The number of benzene rings is 2. The topological polar surface area (TPSA) is 75.6 Å². The van der Waals surface area contributed by atoms with Crippen LogP contribution in [-0.4, -0.2) is 23.1 Å². The van der Waals surface area contributed by atoms with E-state index in [1.54, 1.807) is 13.0 Å². The molecule has 5 heteroatoms. The second-order valence-corrected chi connectivity index (χ2v) is 5.77. The lowest BCUT2D eigenvalue weighted by atomic mass is 10.1. The monoisotopic (exact) mass is 327 g/mol. The van der Waals surface area contributed by atoms with Crippen molar-refractivity contribution in [2.24, 2.45) is 0 Å². The fourth-order valence-corrected chi connectivity index (χ4v) is 2.13. The van der Waals surface area contributed by atoms with E-state index in [1.807, 2.05) is 31.2 Å². The highest BCUT2D eigenvalue weighted by Crippen LogP contribution is 2.19. The Morgan fingerprint density at radius 2 is 1.71 bits per heavy atom. The van der Waals surface area contributed by atoms with Crippen LogP contribution in [0, 0.1) is 13.8 Å². The number of ether oxygens (including phenoxy) is 1. The van der Waals surface area contributed by atoms with Crippen molar-refractivity contribution in [3.05, 3.63) is 64.7 Å². The fraction of sp³-hybridized carbons (Fsp3) is 0.263. The molecule has 0 bridgehead atoms. The van der Waals surface area contributed by atoms with Gasteiger partial charge in [-0.05, 0) is 38.5 Å². The summed E-state index contributed by atoms with van der Waals surface area (Å²) in [5, 5.41) is 12.5. The van der Waals surface area contributed by atoms with Gasteiger partial charge in [-0.1, -0.05) is 41.5 Å². The smallest absolute Gasteiger partial charge is 0.342 e. The maximum Gasteiger partial charge on any atom is 0.342 e. The van der Waals surface area contributed by atoms with Crippen LogP contribution in [0.3, 0.4) is 0 Å². The molecule has 0 spiro atoms. The summed E-state index contributed by atoms with van der Waals surface area (Å²) < 4.78 is 5.13. The second-order valence-electron chi connectivity index (χ2n) is 5.77. The van der Waals surface area contributed by atoms with Crippen molar-refractivity contribution in [2.75, 3.05) is 0 Å². The van der Waals surface area contributed by atoms with Gasteiger partial charge in [0, 0.05) is 6.54 Å². The molecule has 0 radical (unpaired) electrons. The molecule has 5 nitrogen and oxygen atoms in total. The number of hydrogen-bond donors (Lipinski definition) is 2. The van der Waals surface area contributed by atoms with Gasteiger partial charge in [-0.15, -0.1) is 0 Å². The predicted molar refractivity (Wildman–Crippen MR) is 90.7 cm³/mol. The average Bonchev–Trinajstić information content (AvgIpc) is 2.56. The maximum atomic E-state index is 12.1. The summed E-state index contributed by atoms with van der Waals surface area (Å²) in [6.07, 6.45) is -0.956. The predicted octanol–water partition coefficient (Wildman–Crippen LogP) is 2.87. The summed E-state index contributed by atoms with van der Waals surface area (Å²) in [6.45, 7) is 5.64. The van der Waals surface area contributed by atoms with Crippen molar-refractivity contribution in [2.45, 2.75) is 33.4 Å². The number of esters is 1. The normalized spacial score (nSPS) is 11.6. The summed E-state index contributed by atoms with van der Waals surface area (Å²) in [4.78, 5) is 24.1. The molecule has 126 valence electrons. The molecule has 0 heterocycles. The summed E-state index contributed by atoms with van der Waals surface area (Å²) >= 11 is 0. The van der Waals surface area contributed by atoms with Crippen LogP contribution < -0.4 is 5.32 Å². The van der Waals surface area contributed by atoms with Gasteiger partial charge in [0.2, 0.25) is 0 Å². The van der Waals surface area contributed by atoms with E-state index in [0.29, 0.717) is 6.54 Å². The third kappa shape index (κ3) is 4.59. The van der Waals surface area contributed by atoms with Crippen molar-refractivity contribution in [1.82, 2.24) is 5.32 Å². The molecule has 0 aliphatic carbocycles. The quantitative estimate of drug-likeness (QED) is 0.828. The van der Waals surface area contributed by atoms with E-state index in [9.17, 15) is 14.7 Å². The molecule has 0 unspecified atom stereocenters. The van der Waals surface area contributed by atoms with Gasteiger partial charge < -0.3 is 15.2 Å². The largest absolute Gasteiger partial charge is 0.507 e. The molecule has 2 aromatic carbocycles. The third-order valence-electron chi connectivity index (χ3n) is 3.61. The highest BCUT2D eigenvalue weighted by Gasteiger charge is 2.20. The number of phenolic OH excluding ortho intramolecular Hbond substituents is 1. The van der Waals surface area contributed by atoms with Crippen LogP contribution in [0.1, 0.15) is 34.0 Å². The van der Waals surface area contributed by atoms with Crippen LogP contribution in [0.5, 0.6) is 5.75 Å². The van der Waals surface area contributed by atoms with Gasteiger partial charge in [0.25, 0.3) is 5.91 Å². The van der Waals surface area contributed by atoms with Crippen molar-refractivity contribution < 1.29 is 19.4 Å². The Morgan fingerprint density at radius 1 is 1.08 bits per heavy atom. The van der Waals surface area contributed by atoms with Crippen LogP contribution >= 0.6 is 0 Å². The van der Waals surface area contributed by atoms with E-state index in [4.69, 9.17) is 4.74 Å². The minimum absolute atomic E-state index is 0.0492. The number of carbonyl (C=O) groups excluding carboxylic acids is 2. The van der Waals surface area contributed by atoms with Gasteiger partial charge in [-0.3, -0.25) is 4.79 Å². The zero-order valence-corrected chi connectivity index (χ0v) is 14.0. The number of aromatic hydroxyl groups is 1. The van der Waals surface area contributed by atoms with Gasteiger partial charge in [-0.25, -0.2) is 4.79 Å². The minimum atomic E-state index is -0.956. The summed E-state index contributed by atoms with van der Waals surface area (Å²) in [6, 6.07) is 12.4. The molecule has 0 aliphatic heterocycles. The van der Waals surface area contributed by atoms with Crippen molar-refractivity contribution in [1.29, 1.82) is 0 Å². The Bertz CT molecular complexity index is 738. The van der Waals surface area contributed by atoms with Gasteiger partial charge in [0.1, 0.15) is 11.3 Å². The van der Waals surface area contributed by atoms with Crippen molar-refractivity contribution in [3.63, 3.8) is 0 Å². The molecule has 0 aliphatic rings. The highest BCUT2D eigenvalue weighted by atomic mass is 16.5. The van der Waals surface area contributed by atoms with E-state index in [-0.39, 0.29) is 11.3 Å². The number of carbonyl (C=O) groups is 2. The molecular weight excluding hydrogens is 306 g/mol. The van der Waals surface area contributed by atoms with Gasteiger partial charge >= 0.3 is 5.97 Å². The van der Waals surface area contributed by atoms with Gasteiger partial charge in [0.15, 0.2) is 6.10 Å². The Morgan fingerprint density at radius 3 is 2.38 bits per heavy atom. The van der Waals surface area contributed by atoms with Gasteiger partial charge in [0.05, 0.1) is 0 Å².